The lowest BCUT2D eigenvalue weighted by atomic mass is 9.94. The zero-order chi connectivity index (χ0) is 15.5. The highest BCUT2D eigenvalue weighted by atomic mass is 35.5. The first-order valence-corrected chi connectivity index (χ1v) is 7.10. The van der Waals surface area contributed by atoms with Crippen molar-refractivity contribution in [2.75, 3.05) is 11.9 Å². The normalized spacial score (nSPS) is 14.2. The highest BCUT2D eigenvalue weighted by Crippen LogP contribution is 2.17. The Balaban J connectivity index is 2.10. The molecule has 1 atom stereocenters. The maximum absolute atomic E-state index is 10.3. The molecule has 0 saturated carbocycles. The van der Waals surface area contributed by atoms with Crippen LogP contribution < -0.4 is 5.32 Å². The minimum Gasteiger partial charge on any atom is -0.388 e. The van der Waals surface area contributed by atoms with Gasteiger partial charge in [-0.15, -0.1) is 0 Å². The number of anilines is 1. The molecule has 1 unspecified atom stereocenters. The van der Waals surface area contributed by atoms with Crippen LogP contribution in [0.1, 0.15) is 27.2 Å². The molecule has 0 aliphatic carbocycles. The van der Waals surface area contributed by atoms with Gasteiger partial charge in [0.1, 0.15) is 6.33 Å². The van der Waals surface area contributed by atoms with Crippen molar-refractivity contribution in [3.63, 3.8) is 0 Å². The van der Waals surface area contributed by atoms with E-state index in [1.165, 1.54) is 0 Å². The van der Waals surface area contributed by atoms with Crippen LogP contribution in [0, 0.1) is 5.92 Å². The molecule has 0 aliphatic rings. The molecule has 0 bridgehead atoms. The van der Waals surface area contributed by atoms with Crippen LogP contribution in [0.2, 0.25) is 5.28 Å². The van der Waals surface area contributed by atoms with Crippen molar-refractivity contribution in [3.8, 4) is 5.95 Å². The van der Waals surface area contributed by atoms with Crippen LogP contribution in [0.15, 0.2) is 18.7 Å². The molecule has 0 radical (unpaired) electrons. The van der Waals surface area contributed by atoms with Crippen molar-refractivity contribution in [2.45, 2.75) is 32.8 Å². The van der Waals surface area contributed by atoms with Gasteiger partial charge in [0.25, 0.3) is 0 Å². The fraction of sp³-hybridized carbons (Fsp3) is 0.538. The molecule has 2 N–H and O–H groups in total. The third-order valence-electron chi connectivity index (χ3n) is 2.81. The molecule has 0 aromatic carbocycles. The Morgan fingerprint density at radius 3 is 2.76 bits per heavy atom. The van der Waals surface area contributed by atoms with Gasteiger partial charge in [-0.1, -0.05) is 13.8 Å². The van der Waals surface area contributed by atoms with Crippen LogP contribution >= 0.6 is 11.6 Å². The van der Waals surface area contributed by atoms with Crippen molar-refractivity contribution >= 4 is 17.5 Å². The predicted molar refractivity (Wildman–Crippen MR) is 80.5 cm³/mol. The van der Waals surface area contributed by atoms with Gasteiger partial charge in [0, 0.05) is 18.9 Å². The lowest BCUT2D eigenvalue weighted by Gasteiger charge is -2.25. The summed E-state index contributed by atoms with van der Waals surface area (Å²) >= 11 is 5.90. The second kappa shape index (κ2) is 6.36. The third kappa shape index (κ3) is 4.64. The molecule has 8 heteroatoms. The van der Waals surface area contributed by atoms with Crippen molar-refractivity contribution in [1.29, 1.82) is 0 Å². The SMILES string of the molecule is CC(C)CC(C)(O)CNc1nc(Cl)nc(-n2ccnc2)n1. The van der Waals surface area contributed by atoms with Gasteiger partial charge in [0.2, 0.25) is 17.2 Å². The van der Waals surface area contributed by atoms with E-state index in [4.69, 9.17) is 11.6 Å². The Labute approximate surface area is 128 Å². The number of rotatable bonds is 6. The molecule has 2 aromatic heterocycles. The van der Waals surface area contributed by atoms with Gasteiger partial charge in [0.15, 0.2) is 0 Å². The molecule has 0 saturated heterocycles. The van der Waals surface area contributed by atoms with E-state index in [1.54, 1.807) is 30.2 Å². The van der Waals surface area contributed by atoms with Crippen LogP contribution in [0.5, 0.6) is 0 Å². The zero-order valence-corrected chi connectivity index (χ0v) is 13.0. The molecule has 0 aliphatic heterocycles. The van der Waals surface area contributed by atoms with Crippen molar-refractivity contribution < 1.29 is 5.11 Å². The van der Waals surface area contributed by atoms with Crippen LogP contribution in [0.25, 0.3) is 5.95 Å². The number of hydrogen-bond acceptors (Lipinski definition) is 6. The molecule has 2 heterocycles. The maximum atomic E-state index is 10.3. The van der Waals surface area contributed by atoms with Crippen LogP contribution in [0.4, 0.5) is 5.95 Å². The van der Waals surface area contributed by atoms with Crippen molar-refractivity contribution in [3.05, 3.63) is 24.0 Å². The summed E-state index contributed by atoms with van der Waals surface area (Å²) < 4.78 is 1.63. The molecule has 2 aromatic rings. The van der Waals surface area contributed by atoms with E-state index in [2.05, 4.69) is 39.1 Å². The van der Waals surface area contributed by atoms with Crippen molar-refractivity contribution in [1.82, 2.24) is 24.5 Å². The fourth-order valence-corrected chi connectivity index (χ4v) is 2.29. The summed E-state index contributed by atoms with van der Waals surface area (Å²) in [7, 11) is 0. The topological polar surface area (TPSA) is 88.8 Å². The highest BCUT2D eigenvalue weighted by Gasteiger charge is 2.22. The molecule has 0 amide bonds. The summed E-state index contributed by atoms with van der Waals surface area (Å²) in [4.78, 5) is 16.2. The Kier molecular flexibility index (Phi) is 4.74. The van der Waals surface area contributed by atoms with E-state index in [1.807, 2.05) is 0 Å². The number of halogens is 1. The zero-order valence-electron chi connectivity index (χ0n) is 12.3. The maximum Gasteiger partial charge on any atom is 0.241 e. The third-order valence-corrected chi connectivity index (χ3v) is 2.98. The molecular formula is C13H19ClN6O. The lowest BCUT2D eigenvalue weighted by molar-refractivity contribution is 0.0514. The highest BCUT2D eigenvalue weighted by molar-refractivity contribution is 6.28. The predicted octanol–water partition coefficient (Wildman–Crippen LogP) is 1.92. The van der Waals surface area contributed by atoms with Gasteiger partial charge < -0.3 is 10.4 Å². The number of nitrogens with one attached hydrogen (secondary N) is 1. The average Bonchev–Trinajstić information content (AvgIpc) is 2.88. The summed E-state index contributed by atoms with van der Waals surface area (Å²) in [6, 6.07) is 0. The monoisotopic (exact) mass is 310 g/mol. The Morgan fingerprint density at radius 1 is 1.38 bits per heavy atom. The summed E-state index contributed by atoms with van der Waals surface area (Å²) in [6.07, 6.45) is 5.58. The van der Waals surface area contributed by atoms with E-state index in [0.717, 1.165) is 0 Å². The largest absolute Gasteiger partial charge is 0.388 e. The van der Waals surface area contributed by atoms with Gasteiger partial charge >= 0.3 is 0 Å². The van der Waals surface area contributed by atoms with Crippen LogP contribution in [-0.2, 0) is 0 Å². The lowest BCUT2D eigenvalue weighted by Crippen LogP contribution is -2.35. The second-order valence-electron chi connectivity index (χ2n) is 5.65. The standard InChI is InChI=1S/C13H19ClN6O/c1-9(2)6-13(3,21)7-16-11-17-10(14)18-12(19-11)20-5-4-15-8-20/h4-5,8-9,21H,6-7H2,1-3H3,(H,16,17,18,19). The first-order chi connectivity index (χ1) is 9.85. The van der Waals surface area contributed by atoms with Gasteiger partial charge in [-0.2, -0.15) is 15.0 Å². The molecule has 2 rings (SSSR count). The van der Waals surface area contributed by atoms with Crippen LogP contribution in [0.3, 0.4) is 0 Å². The number of aliphatic hydroxyl groups is 1. The first kappa shape index (κ1) is 15.7. The summed E-state index contributed by atoms with van der Waals surface area (Å²) in [5.41, 5.74) is -0.845. The van der Waals surface area contributed by atoms with Gasteiger partial charge in [0.05, 0.1) is 5.60 Å². The first-order valence-electron chi connectivity index (χ1n) is 6.72. The molecule has 21 heavy (non-hydrogen) atoms. The Morgan fingerprint density at radius 2 is 2.14 bits per heavy atom. The number of aromatic nitrogens is 5. The van der Waals surface area contributed by atoms with Crippen molar-refractivity contribution in [2.24, 2.45) is 5.92 Å². The fourth-order valence-electron chi connectivity index (χ4n) is 2.13. The minimum absolute atomic E-state index is 0.0831. The van der Waals surface area contributed by atoms with Gasteiger partial charge in [-0.3, -0.25) is 4.57 Å². The van der Waals surface area contributed by atoms with Crippen LogP contribution in [-0.4, -0.2) is 41.8 Å². The van der Waals surface area contributed by atoms with E-state index >= 15 is 0 Å². The van der Waals surface area contributed by atoms with E-state index < -0.39 is 5.60 Å². The quantitative estimate of drug-likeness (QED) is 0.847. The van der Waals surface area contributed by atoms with E-state index in [-0.39, 0.29) is 5.28 Å². The van der Waals surface area contributed by atoms with Gasteiger partial charge in [-0.05, 0) is 30.9 Å². The number of imidazole rings is 1. The molecule has 0 spiro atoms. The summed E-state index contributed by atoms with van der Waals surface area (Å²) in [5.74, 6) is 1.09. The number of hydrogen-bond donors (Lipinski definition) is 2. The smallest absolute Gasteiger partial charge is 0.241 e. The molecule has 7 nitrogen and oxygen atoms in total. The average molecular weight is 311 g/mol. The van der Waals surface area contributed by atoms with E-state index in [9.17, 15) is 5.11 Å². The molecular weight excluding hydrogens is 292 g/mol. The Hall–Kier alpha value is -1.73. The second-order valence-corrected chi connectivity index (χ2v) is 5.98. The molecule has 114 valence electrons. The minimum atomic E-state index is -0.845. The summed E-state index contributed by atoms with van der Waals surface area (Å²) in [6.45, 7) is 6.23. The summed E-state index contributed by atoms with van der Waals surface area (Å²) in [5, 5.41) is 13.4. The van der Waals surface area contributed by atoms with E-state index in [0.29, 0.717) is 30.8 Å². The van der Waals surface area contributed by atoms with Gasteiger partial charge in [-0.25, -0.2) is 4.98 Å². The molecule has 0 fully saturated rings. The Bertz CT molecular complexity index is 584. The number of nitrogens with zero attached hydrogens (tertiary/aromatic N) is 5.